The lowest BCUT2D eigenvalue weighted by Gasteiger charge is -2.29. The summed E-state index contributed by atoms with van der Waals surface area (Å²) in [5, 5.41) is 9.66. The highest BCUT2D eigenvalue weighted by molar-refractivity contribution is 5.49. The van der Waals surface area contributed by atoms with Crippen LogP contribution in [0.4, 0.5) is 0 Å². The fourth-order valence-corrected chi connectivity index (χ4v) is 2.56. The Kier molecular flexibility index (Phi) is 2.58. The third-order valence-electron chi connectivity index (χ3n) is 3.59. The molecule has 2 N–H and O–H groups in total. The molecule has 1 heterocycles. The summed E-state index contributed by atoms with van der Waals surface area (Å²) in [6.45, 7) is 2.48. The second kappa shape index (κ2) is 4.12. The van der Waals surface area contributed by atoms with Gasteiger partial charge in [0.1, 0.15) is 12.4 Å². The van der Waals surface area contributed by atoms with Gasteiger partial charge >= 0.3 is 0 Å². The molecule has 1 aliphatic heterocycles. The van der Waals surface area contributed by atoms with Gasteiger partial charge in [-0.3, -0.25) is 0 Å². The van der Waals surface area contributed by atoms with Crippen molar-refractivity contribution in [3.05, 3.63) is 65.2 Å². The summed E-state index contributed by atoms with van der Waals surface area (Å²) in [6.07, 6.45) is 0. The van der Waals surface area contributed by atoms with Crippen LogP contribution in [0, 0.1) is 0 Å². The molecule has 92 valence electrons. The van der Waals surface area contributed by atoms with Crippen LogP contribution >= 0.6 is 0 Å². The molecule has 1 unspecified atom stereocenters. The number of fused-ring (bicyclic) bond motifs is 2. The molecule has 3 nitrogen and oxygen atoms in total. The van der Waals surface area contributed by atoms with Gasteiger partial charge in [0, 0.05) is 5.56 Å². The van der Waals surface area contributed by atoms with E-state index in [1.165, 1.54) is 0 Å². The molecular formula is C15H15NO2. The van der Waals surface area contributed by atoms with E-state index < -0.39 is 5.54 Å². The average molecular weight is 241 g/mol. The summed E-state index contributed by atoms with van der Waals surface area (Å²) < 4.78 is 5.82. The van der Waals surface area contributed by atoms with Crippen molar-refractivity contribution in [2.45, 2.75) is 19.1 Å². The number of hydrogen-bond donors (Lipinski definition) is 2. The molecule has 3 rings (SSSR count). The van der Waals surface area contributed by atoms with Gasteiger partial charge in [-0.15, -0.1) is 0 Å². The van der Waals surface area contributed by atoms with E-state index in [2.05, 4.69) is 5.48 Å². The number of hydroxylamine groups is 1. The van der Waals surface area contributed by atoms with Gasteiger partial charge in [-0.05, 0) is 24.1 Å². The smallest absolute Gasteiger partial charge is 0.125 e. The van der Waals surface area contributed by atoms with Gasteiger partial charge in [-0.25, -0.2) is 0 Å². The van der Waals surface area contributed by atoms with E-state index in [0.717, 1.165) is 22.4 Å². The van der Waals surface area contributed by atoms with Gasteiger partial charge in [0.05, 0.1) is 5.54 Å². The minimum absolute atomic E-state index is 0.518. The molecule has 18 heavy (non-hydrogen) atoms. The first-order valence-electron chi connectivity index (χ1n) is 5.97. The predicted octanol–water partition coefficient (Wildman–Crippen LogP) is 2.82. The Hall–Kier alpha value is -1.84. The number of benzene rings is 2. The molecule has 0 spiro atoms. The van der Waals surface area contributed by atoms with Crippen molar-refractivity contribution in [1.82, 2.24) is 5.48 Å². The summed E-state index contributed by atoms with van der Waals surface area (Å²) in [6, 6.07) is 15.8. The number of para-hydroxylation sites is 1. The van der Waals surface area contributed by atoms with Crippen LogP contribution in [0.3, 0.4) is 0 Å². The van der Waals surface area contributed by atoms with Crippen LogP contribution in [0.5, 0.6) is 5.75 Å². The Morgan fingerprint density at radius 2 is 1.72 bits per heavy atom. The third kappa shape index (κ3) is 1.52. The number of hydrogen-bond acceptors (Lipinski definition) is 3. The van der Waals surface area contributed by atoms with Crippen molar-refractivity contribution < 1.29 is 9.94 Å². The summed E-state index contributed by atoms with van der Waals surface area (Å²) in [5.74, 6) is 0.803. The topological polar surface area (TPSA) is 41.5 Å². The first-order valence-corrected chi connectivity index (χ1v) is 5.97. The van der Waals surface area contributed by atoms with Crippen LogP contribution in [0.1, 0.15) is 23.6 Å². The average Bonchev–Trinajstić information content (AvgIpc) is 2.56. The quantitative estimate of drug-likeness (QED) is 0.754. The summed E-state index contributed by atoms with van der Waals surface area (Å²) in [4.78, 5) is 0. The first kappa shape index (κ1) is 11.3. The molecule has 0 saturated heterocycles. The largest absolute Gasteiger partial charge is 0.489 e. The predicted molar refractivity (Wildman–Crippen MR) is 68.6 cm³/mol. The molecule has 0 aliphatic carbocycles. The highest BCUT2D eigenvalue weighted by Crippen LogP contribution is 2.39. The molecule has 0 saturated carbocycles. The number of nitrogens with one attached hydrogen (secondary N) is 1. The van der Waals surface area contributed by atoms with Crippen LogP contribution in [0.25, 0.3) is 0 Å². The van der Waals surface area contributed by atoms with E-state index in [9.17, 15) is 5.21 Å². The van der Waals surface area contributed by atoms with E-state index in [-0.39, 0.29) is 0 Å². The van der Waals surface area contributed by atoms with Crippen LogP contribution in [-0.2, 0) is 12.1 Å². The van der Waals surface area contributed by atoms with Crippen molar-refractivity contribution in [1.29, 1.82) is 0 Å². The number of ether oxygens (including phenoxy) is 1. The molecule has 1 atom stereocenters. The molecule has 2 aromatic carbocycles. The van der Waals surface area contributed by atoms with Crippen LogP contribution in [0.2, 0.25) is 0 Å². The lowest BCUT2D eigenvalue weighted by molar-refractivity contribution is 0.0918. The molecule has 3 heteroatoms. The van der Waals surface area contributed by atoms with Gasteiger partial charge in [0.25, 0.3) is 0 Å². The molecule has 0 bridgehead atoms. The summed E-state index contributed by atoms with van der Waals surface area (Å²) >= 11 is 0. The maximum absolute atomic E-state index is 9.66. The highest BCUT2D eigenvalue weighted by atomic mass is 16.5. The second-order valence-electron chi connectivity index (χ2n) is 4.68. The zero-order valence-corrected chi connectivity index (χ0v) is 10.2. The molecule has 1 aliphatic rings. The van der Waals surface area contributed by atoms with Gasteiger partial charge in [0.15, 0.2) is 0 Å². The zero-order chi connectivity index (χ0) is 12.6. The first-order chi connectivity index (χ1) is 8.75. The lowest BCUT2D eigenvalue weighted by Crippen LogP contribution is -2.38. The van der Waals surface area contributed by atoms with Crippen LogP contribution in [0.15, 0.2) is 48.5 Å². The van der Waals surface area contributed by atoms with Crippen molar-refractivity contribution in [2.75, 3.05) is 0 Å². The van der Waals surface area contributed by atoms with Crippen molar-refractivity contribution in [3.63, 3.8) is 0 Å². The molecule has 0 aromatic heterocycles. The molecule has 0 fully saturated rings. The third-order valence-corrected chi connectivity index (χ3v) is 3.59. The Balaban J connectivity index is 2.29. The minimum Gasteiger partial charge on any atom is -0.489 e. The molecular weight excluding hydrogens is 226 g/mol. The fraction of sp³-hybridized carbons (Fsp3) is 0.200. The minimum atomic E-state index is -0.649. The van der Waals surface area contributed by atoms with Crippen LogP contribution < -0.4 is 10.2 Å². The SMILES string of the molecule is CC1(NO)c2ccccc2COc2ccccc21. The maximum Gasteiger partial charge on any atom is 0.125 e. The number of rotatable bonds is 1. The van der Waals surface area contributed by atoms with E-state index >= 15 is 0 Å². The maximum atomic E-state index is 9.66. The normalized spacial score (nSPS) is 21.4. The highest BCUT2D eigenvalue weighted by Gasteiger charge is 2.35. The van der Waals surface area contributed by atoms with E-state index in [1.54, 1.807) is 0 Å². The summed E-state index contributed by atoms with van der Waals surface area (Å²) in [5.41, 5.74) is 4.87. The zero-order valence-electron chi connectivity index (χ0n) is 10.2. The van der Waals surface area contributed by atoms with E-state index in [1.807, 2.05) is 55.5 Å². The van der Waals surface area contributed by atoms with Gasteiger partial charge in [-0.1, -0.05) is 42.5 Å². The lowest BCUT2D eigenvalue weighted by atomic mass is 9.83. The summed E-state index contributed by atoms with van der Waals surface area (Å²) in [7, 11) is 0. The second-order valence-corrected chi connectivity index (χ2v) is 4.68. The fourth-order valence-electron chi connectivity index (χ4n) is 2.56. The van der Waals surface area contributed by atoms with Crippen LogP contribution in [-0.4, -0.2) is 5.21 Å². The molecule has 0 amide bonds. The Labute approximate surface area is 106 Å². The van der Waals surface area contributed by atoms with E-state index in [4.69, 9.17) is 4.74 Å². The van der Waals surface area contributed by atoms with Gasteiger partial charge in [-0.2, -0.15) is 5.48 Å². The molecule has 2 aromatic rings. The standard InChI is InChI=1S/C15H15NO2/c1-15(16-17)12-7-3-2-6-11(12)10-18-14-9-5-4-8-13(14)15/h2-9,16-17H,10H2,1H3. The van der Waals surface area contributed by atoms with Crippen molar-refractivity contribution in [2.24, 2.45) is 0 Å². The Morgan fingerprint density at radius 1 is 1.06 bits per heavy atom. The Bertz CT molecular complexity index is 533. The van der Waals surface area contributed by atoms with Gasteiger partial charge < -0.3 is 9.94 Å². The van der Waals surface area contributed by atoms with Crippen molar-refractivity contribution >= 4 is 0 Å². The van der Waals surface area contributed by atoms with E-state index in [0.29, 0.717) is 6.61 Å². The molecule has 0 radical (unpaired) electrons. The Morgan fingerprint density at radius 3 is 2.50 bits per heavy atom. The van der Waals surface area contributed by atoms with Crippen molar-refractivity contribution in [3.8, 4) is 5.75 Å². The monoisotopic (exact) mass is 241 g/mol. The van der Waals surface area contributed by atoms with Gasteiger partial charge in [0.2, 0.25) is 0 Å².